The number of nitrogens with zero attached hydrogens (tertiary/aromatic N) is 1. The number of rotatable bonds is 3. The van der Waals surface area contributed by atoms with Gasteiger partial charge in [0.1, 0.15) is 18.6 Å². The predicted molar refractivity (Wildman–Crippen MR) is 59.7 cm³/mol. The summed E-state index contributed by atoms with van der Waals surface area (Å²) in [5.41, 5.74) is -1.80. The number of halogens is 1. The Labute approximate surface area is 101 Å². The van der Waals surface area contributed by atoms with E-state index < -0.39 is 29.4 Å². The number of carbonyl (C=O) groups excluding carboxylic acids is 1. The maximum atomic E-state index is 13.2. The number of aldehydes is 1. The largest absolute Gasteiger partial charge is 0.347 e. The third kappa shape index (κ3) is 2.13. The van der Waals surface area contributed by atoms with Gasteiger partial charge >= 0.3 is 5.69 Å². The molecule has 0 aromatic carbocycles. The van der Waals surface area contributed by atoms with Gasteiger partial charge < -0.3 is 9.53 Å². The first-order valence-electron chi connectivity index (χ1n) is 5.68. The van der Waals surface area contributed by atoms with E-state index in [4.69, 9.17) is 4.74 Å². The second-order valence-corrected chi connectivity index (χ2v) is 4.25. The van der Waals surface area contributed by atoms with Crippen LogP contribution in [0.3, 0.4) is 0 Å². The van der Waals surface area contributed by atoms with Gasteiger partial charge in [-0.1, -0.05) is 6.92 Å². The molecule has 1 aromatic rings. The minimum Gasteiger partial charge on any atom is -0.347 e. The molecule has 98 valence electrons. The number of hydrogen-bond donors (Lipinski definition) is 1. The number of aromatic amines is 1. The standard InChI is InChI=1S/C11H13FN2O4/c1-2-6-3-7(5-15)18-10(6)14-4-8(12)9(16)13-11(14)17/h4-7,10H,2-3H2,1H3,(H,13,16,17). The highest BCUT2D eigenvalue weighted by molar-refractivity contribution is 5.56. The molecule has 7 heteroatoms. The number of aromatic nitrogens is 2. The summed E-state index contributed by atoms with van der Waals surface area (Å²) in [5.74, 6) is -1.12. The molecule has 6 nitrogen and oxygen atoms in total. The third-order valence-corrected chi connectivity index (χ3v) is 3.13. The van der Waals surface area contributed by atoms with Gasteiger partial charge in [-0.3, -0.25) is 14.3 Å². The van der Waals surface area contributed by atoms with Gasteiger partial charge in [0.25, 0.3) is 5.56 Å². The van der Waals surface area contributed by atoms with Crippen LogP contribution in [0, 0.1) is 11.7 Å². The number of carbonyl (C=O) groups is 1. The SMILES string of the molecule is CCC1CC(C=O)OC1n1cc(F)c(=O)[nH]c1=O. The smallest absolute Gasteiger partial charge is 0.330 e. The number of H-pyrrole nitrogens is 1. The van der Waals surface area contributed by atoms with Crippen LogP contribution in [0.1, 0.15) is 26.0 Å². The molecule has 18 heavy (non-hydrogen) atoms. The van der Waals surface area contributed by atoms with Crippen LogP contribution in [0.2, 0.25) is 0 Å². The van der Waals surface area contributed by atoms with Gasteiger partial charge in [-0.2, -0.15) is 4.39 Å². The normalized spacial score (nSPS) is 27.3. The van der Waals surface area contributed by atoms with Crippen molar-refractivity contribution in [3.63, 3.8) is 0 Å². The van der Waals surface area contributed by atoms with Gasteiger partial charge in [-0.25, -0.2) is 4.79 Å². The summed E-state index contributed by atoms with van der Waals surface area (Å²) in [5, 5.41) is 0. The molecule has 3 unspecified atom stereocenters. The van der Waals surface area contributed by atoms with Crippen LogP contribution in [0.15, 0.2) is 15.8 Å². The van der Waals surface area contributed by atoms with Crippen molar-refractivity contribution in [1.82, 2.24) is 9.55 Å². The average Bonchev–Trinajstić information content (AvgIpc) is 2.77. The fourth-order valence-electron chi connectivity index (χ4n) is 2.16. The van der Waals surface area contributed by atoms with Crippen molar-refractivity contribution >= 4 is 6.29 Å². The van der Waals surface area contributed by atoms with Crippen LogP contribution in [-0.4, -0.2) is 21.9 Å². The molecule has 0 spiro atoms. The van der Waals surface area contributed by atoms with Gasteiger partial charge in [0.15, 0.2) is 0 Å². The summed E-state index contributed by atoms with van der Waals surface area (Å²) in [6.45, 7) is 1.89. The van der Waals surface area contributed by atoms with Crippen LogP contribution >= 0.6 is 0 Å². The molecule has 1 aliphatic rings. The Kier molecular flexibility index (Phi) is 3.42. The monoisotopic (exact) mass is 256 g/mol. The van der Waals surface area contributed by atoms with Gasteiger partial charge in [0, 0.05) is 5.92 Å². The fourth-order valence-corrected chi connectivity index (χ4v) is 2.16. The topological polar surface area (TPSA) is 81.2 Å². The zero-order chi connectivity index (χ0) is 13.3. The summed E-state index contributed by atoms with van der Waals surface area (Å²) in [6.07, 6.45) is 1.34. The van der Waals surface area contributed by atoms with E-state index in [0.29, 0.717) is 19.1 Å². The van der Waals surface area contributed by atoms with Crippen molar-refractivity contribution in [2.45, 2.75) is 32.1 Å². The Bertz CT molecular complexity index is 565. The molecular formula is C11H13FN2O4. The Morgan fingerprint density at radius 3 is 2.94 bits per heavy atom. The van der Waals surface area contributed by atoms with Crippen molar-refractivity contribution < 1.29 is 13.9 Å². The van der Waals surface area contributed by atoms with Crippen LogP contribution in [0.5, 0.6) is 0 Å². The predicted octanol–water partition coefficient (Wildman–Crippen LogP) is 0.188. The van der Waals surface area contributed by atoms with E-state index in [9.17, 15) is 18.8 Å². The Morgan fingerprint density at radius 1 is 1.61 bits per heavy atom. The van der Waals surface area contributed by atoms with E-state index in [1.807, 2.05) is 11.9 Å². The second kappa shape index (κ2) is 4.85. The van der Waals surface area contributed by atoms with Crippen LogP contribution in [-0.2, 0) is 9.53 Å². The van der Waals surface area contributed by atoms with E-state index in [0.717, 1.165) is 10.8 Å². The molecule has 2 rings (SSSR count). The summed E-state index contributed by atoms with van der Waals surface area (Å²) in [6, 6.07) is 0. The van der Waals surface area contributed by atoms with Gasteiger partial charge in [0.2, 0.25) is 5.82 Å². The fraction of sp³-hybridized carbons (Fsp3) is 0.545. The first-order valence-corrected chi connectivity index (χ1v) is 5.68. The highest BCUT2D eigenvalue weighted by Gasteiger charge is 2.35. The molecule has 0 radical (unpaired) electrons. The summed E-state index contributed by atoms with van der Waals surface area (Å²) >= 11 is 0. The molecule has 3 atom stereocenters. The molecule has 1 aromatic heterocycles. The van der Waals surface area contributed by atoms with Crippen LogP contribution in [0.25, 0.3) is 0 Å². The molecule has 0 aliphatic carbocycles. The van der Waals surface area contributed by atoms with Crippen molar-refractivity contribution in [2.24, 2.45) is 5.92 Å². The molecular weight excluding hydrogens is 243 g/mol. The van der Waals surface area contributed by atoms with Gasteiger partial charge in [-0.15, -0.1) is 0 Å². The minimum absolute atomic E-state index is 0.0665. The van der Waals surface area contributed by atoms with E-state index >= 15 is 0 Å². The number of hydrogen-bond acceptors (Lipinski definition) is 4. The van der Waals surface area contributed by atoms with Crippen molar-refractivity contribution in [3.8, 4) is 0 Å². The molecule has 0 bridgehead atoms. The highest BCUT2D eigenvalue weighted by atomic mass is 19.1. The third-order valence-electron chi connectivity index (χ3n) is 3.13. The van der Waals surface area contributed by atoms with Crippen LogP contribution < -0.4 is 11.2 Å². The molecule has 1 N–H and O–H groups in total. The summed E-state index contributed by atoms with van der Waals surface area (Å²) in [7, 11) is 0. The number of nitrogens with one attached hydrogen (secondary N) is 1. The lowest BCUT2D eigenvalue weighted by atomic mass is 10.0. The maximum absolute atomic E-state index is 13.2. The molecule has 1 saturated heterocycles. The van der Waals surface area contributed by atoms with E-state index in [1.165, 1.54) is 0 Å². The molecule has 0 saturated carbocycles. The van der Waals surface area contributed by atoms with Crippen molar-refractivity contribution in [3.05, 3.63) is 32.9 Å². The minimum atomic E-state index is -1.06. The van der Waals surface area contributed by atoms with Crippen molar-refractivity contribution in [2.75, 3.05) is 0 Å². The average molecular weight is 256 g/mol. The van der Waals surface area contributed by atoms with E-state index in [1.54, 1.807) is 0 Å². The number of ether oxygens (including phenoxy) is 1. The van der Waals surface area contributed by atoms with Gasteiger partial charge in [0.05, 0.1) is 6.20 Å². The van der Waals surface area contributed by atoms with Gasteiger partial charge in [-0.05, 0) is 12.8 Å². The Balaban J connectivity index is 2.42. The second-order valence-electron chi connectivity index (χ2n) is 4.25. The zero-order valence-corrected chi connectivity index (χ0v) is 9.76. The van der Waals surface area contributed by atoms with Crippen LogP contribution in [0.4, 0.5) is 4.39 Å². The quantitative estimate of drug-likeness (QED) is 0.783. The summed E-state index contributed by atoms with van der Waals surface area (Å²) < 4.78 is 19.6. The maximum Gasteiger partial charge on any atom is 0.330 e. The zero-order valence-electron chi connectivity index (χ0n) is 9.76. The lowest BCUT2D eigenvalue weighted by Crippen LogP contribution is -2.35. The lowest BCUT2D eigenvalue weighted by molar-refractivity contribution is -0.119. The lowest BCUT2D eigenvalue weighted by Gasteiger charge is -2.18. The highest BCUT2D eigenvalue weighted by Crippen LogP contribution is 2.34. The van der Waals surface area contributed by atoms with E-state index in [2.05, 4.69) is 0 Å². The molecule has 1 aliphatic heterocycles. The Hall–Kier alpha value is -1.76. The first-order chi connectivity index (χ1) is 8.56. The van der Waals surface area contributed by atoms with Crippen molar-refractivity contribution in [1.29, 1.82) is 0 Å². The molecule has 1 fully saturated rings. The first kappa shape index (κ1) is 12.7. The Morgan fingerprint density at radius 2 is 2.33 bits per heavy atom. The van der Waals surface area contributed by atoms with E-state index in [-0.39, 0.29) is 5.92 Å². The molecule has 0 amide bonds. The molecule has 2 heterocycles. The summed E-state index contributed by atoms with van der Waals surface area (Å²) in [4.78, 5) is 35.1.